The van der Waals surface area contributed by atoms with E-state index in [-0.39, 0.29) is 17.4 Å². The van der Waals surface area contributed by atoms with Gasteiger partial charge in [-0.15, -0.1) is 0 Å². The quantitative estimate of drug-likeness (QED) is 0.357. The first-order valence-electron chi connectivity index (χ1n) is 11.1. The van der Waals surface area contributed by atoms with Crippen LogP contribution in [0.15, 0.2) is 72.8 Å². The first-order valence-corrected chi connectivity index (χ1v) is 11.1. The van der Waals surface area contributed by atoms with Crippen molar-refractivity contribution in [2.45, 2.75) is 38.5 Å². The number of aliphatic hydroxyl groups is 1. The summed E-state index contributed by atoms with van der Waals surface area (Å²) in [6.07, 6.45) is 6.76. The minimum atomic E-state index is -0.658. The molecule has 7 heteroatoms. The van der Waals surface area contributed by atoms with Crippen LogP contribution < -0.4 is 4.74 Å². The number of aliphatic hydroxyl groups excluding tert-OH is 1. The number of likely N-dealkylation sites (tertiary alicyclic amines) is 1. The van der Waals surface area contributed by atoms with Gasteiger partial charge in [-0.3, -0.25) is 9.59 Å². The lowest BCUT2D eigenvalue weighted by Gasteiger charge is -2.25. The highest BCUT2D eigenvalue weighted by Gasteiger charge is 2.45. The smallest absolute Gasteiger partial charge is 0.295 e. The Morgan fingerprint density at radius 3 is 2.73 bits per heavy atom. The summed E-state index contributed by atoms with van der Waals surface area (Å²) < 4.78 is 7.69. The number of carbonyl (C=O) groups is 2. The Labute approximate surface area is 191 Å². The number of aryl methyl sites for hydroxylation is 1. The minimum absolute atomic E-state index is 0.0720. The third-order valence-electron chi connectivity index (χ3n) is 6.20. The third kappa shape index (κ3) is 3.91. The number of ketones is 1. The fourth-order valence-corrected chi connectivity index (χ4v) is 4.66. The maximum absolute atomic E-state index is 13.1. The van der Waals surface area contributed by atoms with Gasteiger partial charge in [-0.2, -0.15) is 0 Å². The molecule has 1 N–H and O–H groups in total. The maximum Gasteiger partial charge on any atom is 0.295 e. The van der Waals surface area contributed by atoms with Crippen LogP contribution in [0.5, 0.6) is 5.75 Å². The van der Waals surface area contributed by atoms with Crippen LogP contribution in [0.4, 0.5) is 0 Å². The predicted octanol–water partition coefficient (Wildman–Crippen LogP) is 3.72. The Hall–Kier alpha value is -3.87. The molecule has 1 amide bonds. The second kappa shape index (κ2) is 8.58. The van der Waals surface area contributed by atoms with Crippen LogP contribution in [0.25, 0.3) is 5.76 Å². The standard InChI is InChI=1S/C26H25N3O4/c1-17-14-20-15-19(8-9-21(20)33-17)24(30)22-23(18-6-3-2-4-7-18)29(26(32)25(22)31)12-5-11-28-13-10-27-16-28/h2-4,6-10,13,15-17,23,30H,5,11-12,14H2,1H3/b24-22+/t17-,23+/m1/s1. The average Bonchev–Trinajstić information content (AvgIpc) is 3.53. The van der Waals surface area contributed by atoms with Gasteiger partial charge in [0.15, 0.2) is 0 Å². The highest BCUT2D eigenvalue weighted by atomic mass is 16.5. The Morgan fingerprint density at radius 2 is 1.97 bits per heavy atom. The SMILES string of the molecule is C[C@@H]1Cc2cc(/C(O)=C3\C(=O)C(=O)N(CCCn4ccnc4)[C@H]3c3ccccc3)ccc2O1. The fraction of sp³-hybridized carbons (Fsp3) is 0.269. The van der Waals surface area contributed by atoms with Crippen molar-refractivity contribution >= 4 is 17.4 Å². The number of nitrogens with zero attached hydrogens (tertiary/aromatic N) is 3. The van der Waals surface area contributed by atoms with Crippen molar-refractivity contribution < 1.29 is 19.4 Å². The molecule has 0 saturated carbocycles. The van der Waals surface area contributed by atoms with Crippen LogP contribution in [0.3, 0.4) is 0 Å². The molecule has 0 spiro atoms. The van der Waals surface area contributed by atoms with Crippen LogP contribution in [0.2, 0.25) is 0 Å². The lowest BCUT2D eigenvalue weighted by molar-refractivity contribution is -0.139. The Bertz CT molecular complexity index is 1220. The van der Waals surface area contributed by atoms with Gasteiger partial charge in [0.2, 0.25) is 0 Å². The summed E-state index contributed by atoms with van der Waals surface area (Å²) in [4.78, 5) is 31.8. The molecule has 2 aliphatic heterocycles. The number of aromatic nitrogens is 2. The van der Waals surface area contributed by atoms with Crippen LogP contribution in [0.1, 0.15) is 36.1 Å². The van der Waals surface area contributed by atoms with E-state index < -0.39 is 17.7 Å². The van der Waals surface area contributed by atoms with Gasteiger partial charge in [-0.05, 0) is 42.7 Å². The fourth-order valence-electron chi connectivity index (χ4n) is 4.66. The van der Waals surface area contributed by atoms with Gasteiger partial charge in [-0.25, -0.2) is 4.98 Å². The molecular formula is C26H25N3O4. The lowest BCUT2D eigenvalue weighted by Crippen LogP contribution is -2.31. The molecule has 7 nitrogen and oxygen atoms in total. The van der Waals surface area contributed by atoms with Crippen molar-refractivity contribution in [1.82, 2.24) is 14.5 Å². The molecule has 168 valence electrons. The number of imidazole rings is 1. The number of rotatable bonds is 6. The van der Waals surface area contributed by atoms with Gasteiger partial charge >= 0.3 is 0 Å². The van der Waals surface area contributed by atoms with Crippen molar-refractivity contribution in [3.8, 4) is 5.75 Å². The van der Waals surface area contributed by atoms with E-state index in [4.69, 9.17) is 4.74 Å². The number of fused-ring (bicyclic) bond motifs is 1. The zero-order valence-corrected chi connectivity index (χ0v) is 18.3. The Balaban J connectivity index is 1.51. The van der Waals surface area contributed by atoms with Gasteiger partial charge in [0.25, 0.3) is 11.7 Å². The summed E-state index contributed by atoms with van der Waals surface area (Å²) in [7, 11) is 0. The van der Waals surface area contributed by atoms with Crippen molar-refractivity contribution in [1.29, 1.82) is 0 Å². The highest BCUT2D eigenvalue weighted by molar-refractivity contribution is 6.46. The second-order valence-corrected chi connectivity index (χ2v) is 8.51. The summed E-state index contributed by atoms with van der Waals surface area (Å²) >= 11 is 0. The molecule has 1 saturated heterocycles. The molecule has 0 bridgehead atoms. The van der Waals surface area contributed by atoms with Crippen LogP contribution in [-0.2, 0) is 22.6 Å². The number of benzene rings is 2. The van der Waals surface area contributed by atoms with Crippen molar-refractivity contribution in [3.63, 3.8) is 0 Å². The number of ether oxygens (including phenoxy) is 1. The third-order valence-corrected chi connectivity index (χ3v) is 6.20. The van der Waals surface area contributed by atoms with E-state index in [0.29, 0.717) is 25.1 Å². The first kappa shape index (κ1) is 21.0. The number of amides is 1. The van der Waals surface area contributed by atoms with E-state index >= 15 is 0 Å². The molecule has 0 unspecified atom stereocenters. The van der Waals surface area contributed by atoms with Crippen molar-refractivity contribution in [3.05, 3.63) is 89.5 Å². The average molecular weight is 444 g/mol. The van der Waals surface area contributed by atoms with Crippen LogP contribution in [0, 0.1) is 0 Å². The summed E-state index contributed by atoms with van der Waals surface area (Å²) in [5.41, 5.74) is 2.42. The predicted molar refractivity (Wildman–Crippen MR) is 123 cm³/mol. The van der Waals surface area contributed by atoms with E-state index in [1.54, 1.807) is 23.5 Å². The van der Waals surface area contributed by atoms with E-state index in [9.17, 15) is 14.7 Å². The number of Topliss-reactive ketones (excluding diaryl/α,β-unsaturated/α-hetero) is 1. The molecule has 1 fully saturated rings. The van der Waals surface area contributed by atoms with Gasteiger partial charge in [-0.1, -0.05) is 30.3 Å². The van der Waals surface area contributed by atoms with Gasteiger partial charge in [0.05, 0.1) is 17.9 Å². The molecule has 3 aromatic rings. The molecule has 0 radical (unpaired) electrons. The van der Waals surface area contributed by atoms with Gasteiger partial charge < -0.3 is 19.3 Å². The highest BCUT2D eigenvalue weighted by Crippen LogP contribution is 2.40. The molecular weight excluding hydrogens is 418 g/mol. The summed E-state index contributed by atoms with van der Waals surface area (Å²) in [5, 5.41) is 11.3. The monoisotopic (exact) mass is 443 g/mol. The molecule has 2 aromatic carbocycles. The number of hydrogen-bond acceptors (Lipinski definition) is 5. The largest absolute Gasteiger partial charge is 0.507 e. The molecule has 3 heterocycles. The molecule has 2 atom stereocenters. The molecule has 2 aliphatic rings. The van der Waals surface area contributed by atoms with E-state index in [0.717, 1.165) is 23.3 Å². The van der Waals surface area contributed by atoms with Crippen molar-refractivity contribution in [2.75, 3.05) is 6.54 Å². The zero-order valence-electron chi connectivity index (χ0n) is 18.3. The molecule has 5 rings (SSSR count). The van der Waals surface area contributed by atoms with E-state index in [1.807, 2.05) is 60.2 Å². The second-order valence-electron chi connectivity index (χ2n) is 8.51. The Morgan fingerprint density at radius 1 is 1.15 bits per heavy atom. The molecule has 1 aromatic heterocycles. The van der Waals surface area contributed by atoms with Crippen LogP contribution >= 0.6 is 0 Å². The molecule has 0 aliphatic carbocycles. The summed E-state index contributed by atoms with van der Waals surface area (Å²) in [6.45, 7) is 3.05. The topological polar surface area (TPSA) is 84.7 Å². The van der Waals surface area contributed by atoms with Gasteiger partial charge in [0, 0.05) is 37.5 Å². The minimum Gasteiger partial charge on any atom is -0.507 e. The summed E-state index contributed by atoms with van der Waals surface area (Å²) in [5.74, 6) is -0.608. The zero-order chi connectivity index (χ0) is 22.9. The van der Waals surface area contributed by atoms with Gasteiger partial charge in [0.1, 0.15) is 17.6 Å². The van der Waals surface area contributed by atoms with Crippen molar-refractivity contribution in [2.24, 2.45) is 0 Å². The summed E-state index contributed by atoms with van der Waals surface area (Å²) in [6, 6.07) is 14.1. The number of hydrogen-bond donors (Lipinski definition) is 1. The lowest BCUT2D eigenvalue weighted by atomic mass is 9.94. The van der Waals surface area contributed by atoms with E-state index in [1.165, 1.54) is 0 Å². The maximum atomic E-state index is 13.1. The first-order chi connectivity index (χ1) is 16.0. The number of carbonyl (C=O) groups excluding carboxylic acids is 2. The Kier molecular flexibility index (Phi) is 5.46. The van der Waals surface area contributed by atoms with E-state index in [2.05, 4.69) is 4.98 Å². The molecule has 33 heavy (non-hydrogen) atoms. The normalized spacial score (nSPS) is 21.3. The van der Waals surface area contributed by atoms with Crippen LogP contribution in [-0.4, -0.2) is 43.9 Å².